The number of rotatable bonds is 6. The number of nitrogens with zero attached hydrogens (tertiary/aromatic N) is 1. The molecule has 1 heterocycles. The molecule has 1 aliphatic rings. The summed E-state index contributed by atoms with van der Waals surface area (Å²) in [5.74, 6) is 2.24. The molecule has 0 radical (unpaired) electrons. The highest BCUT2D eigenvalue weighted by molar-refractivity contribution is 7.99. The number of hydrogen-bond acceptors (Lipinski definition) is 4. The normalized spacial score (nSPS) is 16.4. The molecule has 132 valence electrons. The lowest BCUT2D eigenvalue weighted by atomic mass is 10.1. The van der Waals surface area contributed by atoms with Crippen LogP contribution >= 0.6 is 11.8 Å². The molecule has 0 aromatic heterocycles. The lowest BCUT2D eigenvalue weighted by molar-refractivity contribution is -0.126. The van der Waals surface area contributed by atoms with Crippen molar-refractivity contribution >= 4 is 23.4 Å². The van der Waals surface area contributed by atoms with Gasteiger partial charge in [0.05, 0.1) is 0 Å². The molecule has 1 saturated heterocycles. The first kappa shape index (κ1) is 18.0. The molecule has 1 N–H and O–H groups in total. The molecular weight excluding hydrogens is 332 g/mol. The van der Waals surface area contributed by atoms with Crippen LogP contribution in [0.5, 0.6) is 0 Å². The third-order valence-electron chi connectivity index (χ3n) is 4.28. The average molecular weight is 356 g/mol. The quantitative estimate of drug-likeness (QED) is 0.859. The fourth-order valence-corrected chi connectivity index (χ4v) is 3.97. The van der Waals surface area contributed by atoms with Crippen LogP contribution in [0.3, 0.4) is 0 Å². The van der Waals surface area contributed by atoms with Gasteiger partial charge in [-0.25, -0.2) is 0 Å². The maximum Gasteiger partial charge on any atom is 0.258 e. The Morgan fingerprint density at radius 3 is 2.64 bits per heavy atom. The van der Waals surface area contributed by atoms with Gasteiger partial charge in [-0.15, -0.1) is 0 Å². The van der Waals surface area contributed by atoms with Crippen LogP contribution in [0.15, 0.2) is 54.6 Å². The van der Waals surface area contributed by atoms with Gasteiger partial charge < -0.3 is 10.1 Å². The Labute approximate surface area is 153 Å². The lowest BCUT2D eigenvalue weighted by Crippen LogP contribution is -2.32. The fraction of sp³-hybridized carbons (Fsp3) is 0.350. The van der Waals surface area contributed by atoms with Crippen molar-refractivity contribution in [1.29, 1.82) is 0 Å². The van der Waals surface area contributed by atoms with Gasteiger partial charge in [0.1, 0.15) is 0 Å². The summed E-state index contributed by atoms with van der Waals surface area (Å²) in [7, 11) is 1.56. The Balaban J connectivity index is 1.65. The highest BCUT2D eigenvalue weighted by Crippen LogP contribution is 2.20. The molecule has 2 aromatic rings. The molecule has 0 saturated carbocycles. The second-order valence-corrected chi connectivity index (χ2v) is 7.33. The van der Waals surface area contributed by atoms with Gasteiger partial charge in [-0.2, -0.15) is 11.8 Å². The average Bonchev–Trinajstić information content (AvgIpc) is 2.64. The van der Waals surface area contributed by atoms with E-state index in [-0.39, 0.29) is 5.91 Å². The number of ether oxygens (including phenoxy) is 1. The highest BCUT2D eigenvalue weighted by atomic mass is 32.2. The maximum atomic E-state index is 12.6. The molecule has 1 fully saturated rings. The molecule has 1 amide bonds. The zero-order valence-corrected chi connectivity index (χ0v) is 15.3. The van der Waals surface area contributed by atoms with Gasteiger partial charge in [-0.05, 0) is 23.3 Å². The van der Waals surface area contributed by atoms with E-state index in [0.29, 0.717) is 0 Å². The zero-order chi connectivity index (χ0) is 17.5. The summed E-state index contributed by atoms with van der Waals surface area (Å²) in [6.07, 6.45) is -0.607. The largest absolute Gasteiger partial charge is 0.367 e. The molecule has 25 heavy (non-hydrogen) atoms. The monoisotopic (exact) mass is 356 g/mol. The SMILES string of the molecule is COC(C(=O)Nc1cccc(CN2CCSCC2)c1)c1ccccc1. The summed E-state index contributed by atoms with van der Waals surface area (Å²) in [4.78, 5) is 15.1. The second kappa shape index (κ2) is 9.04. The minimum atomic E-state index is -0.607. The predicted molar refractivity (Wildman–Crippen MR) is 104 cm³/mol. The van der Waals surface area contributed by atoms with Crippen molar-refractivity contribution in [2.24, 2.45) is 0 Å². The molecule has 1 atom stereocenters. The molecule has 5 heteroatoms. The minimum absolute atomic E-state index is 0.153. The summed E-state index contributed by atoms with van der Waals surface area (Å²) in [5.41, 5.74) is 2.88. The number of thioether (sulfide) groups is 1. The van der Waals surface area contributed by atoms with E-state index in [4.69, 9.17) is 4.74 Å². The predicted octanol–water partition coefficient (Wildman–Crippen LogP) is 3.56. The molecule has 1 aliphatic heterocycles. The third-order valence-corrected chi connectivity index (χ3v) is 5.22. The van der Waals surface area contributed by atoms with Crippen LogP contribution in [-0.2, 0) is 16.1 Å². The summed E-state index contributed by atoms with van der Waals surface area (Å²) in [6.45, 7) is 3.18. The van der Waals surface area contributed by atoms with E-state index in [1.54, 1.807) is 7.11 Å². The highest BCUT2D eigenvalue weighted by Gasteiger charge is 2.20. The van der Waals surface area contributed by atoms with Gasteiger partial charge in [0.2, 0.25) is 0 Å². The molecule has 0 spiro atoms. The van der Waals surface area contributed by atoms with E-state index in [0.717, 1.165) is 30.9 Å². The summed E-state index contributed by atoms with van der Waals surface area (Å²) in [5, 5.41) is 2.98. The van der Waals surface area contributed by atoms with Crippen molar-refractivity contribution in [3.8, 4) is 0 Å². The van der Waals surface area contributed by atoms with Gasteiger partial charge in [-0.1, -0.05) is 42.5 Å². The van der Waals surface area contributed by atoms with E-state index < -0.39 is 6.10 Å². The van der Waals surface area contributed by atoms with Crippen LogP contribution in [-0.4, -0.2) is 42.5 Å². The first-order valence-electron chi connectivity index (χ1n) is 8.54. The van der Waals surface area contributed by atoms with Gasteiger partial charge in [0.15, 0.2) is 6.10 Å². The third kappa shape index (κ3) is 5.08. The van der Waals surface area contributed by atoms with Crippen LogP contribution in [0.2, 0.25) is 0 Å². The number of anilines is 1. The van der Waals surface area contributed by atoms with Gasteiger partial charge in [-0.3, -0.25) is 9.69 Å². The number of carbonyl (C=O) groups is 1. The van der Waals surface area contributed by atoms with E-state index >= 15 is 0 Å². The molecule has 3 rings (SSSR count). The molecular formula is C20H24N2O2S. The zero-order valence-electron chi connectivity index (χ0n) is 14.5. The molecule has 0 aliphatic carbocycles. The number of amides is 1. The van der Waals surface area contributed by atoms with Crippen LogP contribution < -0.4 is 5.32 Å². The Hall–Kier alpha value is -1.82. The second-order valence-electron chi connectivity index (χ2n) is 6.10. The van der Waals surface area contributed by atoms with Gasteiger partial charge in [0, 0.05) is 43.9 Å². The van der Waals surface area contributed by atoms with E-state index in [9.17, 15) is 4.79 Å². The van der Waals surface area contributed by atoms with Gasteiger partial charge >= 0.3 is 0 Å². The van der Waals surface area contributed by atoms with Crippen LogP contribution in [0.25, 0.3) is 0 Å². The van der Waals surface area contributed by atoms with Crippen molar-refractivity contribution in [3.63, 3.8) is 0 Å². The Bertz CT molecular complexity index is 687. The molecule has 4 nitrogen and oxygen atoms in total. The molecule has 1 unspecified atom stereocenters. The number of methoxy groups -OCH3 is 1. The number of nitrogens with one attached hydrogen (secondary N) is 1. The van der Waals surface area contributed by atoms with Crippen molar-refractivity contribution in [2.75, 3.05) is 37.0 Å². The Kier molecular flexibility index (Phi) is 6.50. The van der Waals surface area contributed by atoms with Crippen molar-refractivity contribution < 1.29 is 9.53 Å². The van der Waals surface area contributed by atoms with E-state index in [2.05, 4.69) is 22.3 Å². The maximum absolute atomic E-state index is 12.6. The number of hydrogen-bond donors (Lipinski definition) is 1. The van der Waals surface area contributed by atoms with Crippen LogP contribution in [0.4, 0.5) is 5.69 Å². The first-order chi connectivity index (χ1) is 12.3. The number of carbonyl (C=O) groups excluding carboxylic acids is 1. The van der Waals surface area contributed by atoms with Crippen LogP contribution in [0.1, 0.15) is 17.2 Å². The Morgan fingerprint density at radius 1 is 1.16 bits per heavy atom. The van der Waals surface area contributed by atoms with Crippen LogP contribution in [0, 0.1) is 0 Å². The smallest absolute Gasteiger partial charge is 0.258 e. The van der Waals surface area contributed by atoms with Crippen molar-refractivity contribution in [1.82, 2.24) is 4.90 Å². The standard InChI is InChI=1S/C20H24N2O2S/c1-24-19(17-7-3-2-4-8-17)20(23)21-18-9-5-6-16(14-18)15-22-10-12-25-13-11-22/h2-9,14,19H,10-13,15H2,1H3,(H,21,23). The topological polar surface area (TPSA) is 41.6 Å². The van der Waals surface area contributed by atoms with Gasteiger partial charge in [0.25, 0.3) is 5.91 Å². The lowest BCUT2D eigenvalue weighted by Gasteiger charge is -2.26. The first-order valence-corrected chi connectivity index (χ1v) is 9.69. The summed E-state index contributed by atoms with van der Waals surface area (Å²) < 4.78 is 5.40. The van der Waals surface area contributed by atoms with E-state index in [1.807, 2.05) is 54.2 Å². The fourth-order valence-electron chi connectivity index (χ4n) is 3.00. The van der Waals surface area contributed by atoms with E-state index in [1.165, 1.54) is 17.1 Å². The molecule has 2 aromatic carbocycles. The number of benzene rings is 2. The Morgan fingerprint density at radius 2 is 1.92 bits per heavy atom. The van der Waals surface area contributed by atoms with Crippen molar-refractivity contribution in [2.45, 2.75) is 12.6 Å². The summed E-state index contributed by atoms with van der Waals surface area (Å²) >= 11 is 2.01. The van der Waals surface area contributed by atoms with Crippen molar-refractivity contribution in [3.05, 3.63) is 65.7 Å². The summed E-state index contributed by atoms with van der Waals surface area (Å²) in [6, 6.07) is 17.6. The molecule has 0 bridgehead atoms. The minimum Gasteiger partial charge on any atom is -0.367 e.